The number of rotatable bonds is 0. The molecule has 0 unspecified atom stereocenters. The van der Waals surface area contributed by atoms with Gasteiger partial charge < -0.3 is 9.88 Å². The molecule has 1 aromatic heterocycles. The normalized spacial score (nSPS) is 15.9. The summed E-state index contributed by atoms with van der Waals surface area (Å²) in [6, 6.07) is 1.83. The predicted molar refractivity (Wildman–Crippen MR) is 44.5 cm³/mol. The first-order valence-corrected chi connectivity index (χ1v) is 4.20. The number of halogens is 1. The minimum absolute atomic E-state index is 0.0157. The molecule has 1 aliphatic heterocycles. The van der Waals surface area contributed by atoms with Gasteiger partial charge in [-0.1, -0.05) is 0 Å². The Hall–Kier alpha value is -0.770. The van der Waals surface area contributed by atoms with Crippen molar-refractivity contribution in [3.8, 4) is 0 Å². The lowest BCUT2D eigenvalue weighted by Gasteiger charge is -2.14. The van der Waals surface area contributed by atoms with Gasteiger partial charge in [-0.3, -0.25) is 4.79 Å². The molecule has 0 aliphatic carbocycles. The molecule has 0 aromatic carbocycles. The Morgan fingerprint density at radius 3 is 3.18 bits per heavy atom. The van der Waals surface area contributed by atoms with Crippen LogP contribution in [0.15, 0.2) is 16.7 Å². The molecule has 11 heavy (non-hydrogen) atoms. The highest BCUT2D eigenvalue weighted by Crippen LogP contribution is 2.16. The second kappa shape index (κ2) is 2.37. The van der Waals surface area contributed by atoms with E-state index in [0.717, 1.165) is 23.3 Å². The third-order valence-electron chi connectivity index (χ3n) is 1.73. The molecular formula is C7H7BrN2O. The molecule has 0 bridgehead atoms. The van der Waals surface area contributed by atoms with Crippen LogP contribution >= 0.6 is 15.9 Å². The smallest absolute Gasteiger partial charge is 0.268 e. The van der Waals surface area contributed by atoms with E-state index in [4.69, 9.17) is 0 Å². The lowest BCUT2D eigenvalue weighted by molar-refractivity contribution is 0.0928. The van der Waals surface area contributed by atoms with Gasteiger partial charge in [0, 0.05) is 23.8 Å². The molecule has 0 radical (unpaired) electrons. The van der Waals surface area contributed by atoms with E-state index in [-0.39, 0.29) is 5.91 Å². The maximum atomic E-state index is 11.1. The molecule has 2 heterocycles. The molecular weight excluding hydrogens is 208 g/mol. The molecule has 4 heteroatoms. The molecule has 0 saturated carbocycles. The Bertz CT molecular complexity index is 305. The summed E-state index contributed by atoms with van der Waals surface area (Å²) >= 11 is 3.32. The number of amides is 1. The van der Waals surface area contributed by atoms with E-state index in [0.29, 0.717) is 0 Å². The summed E-state index contributed by atoms with van der Waals surface area (Å²) in [5.41, 5.74) is 0.739. The van der Waals surface area contributed by atoms with Crippen LogP contribution in [0.2, 0.25) is 0 Å². The molecule has 1 aliphatic rings. The van der Waals surface area contributed by atoms with Crippen LogP contribution in [0.3, 0.4) is 0 Å². The molecule has 0 atom stereocenters. The third-order valence-corrected chi connectivity index (χ3v) is 2.17. The summed E-state index contributed by atoms with van der Waals surface area (Å²) in [5.74, 6) is 0.0157. The molecule has 3 nitrogen and oxygen atoms in total. The van der Waals surface area contributed by atoms with Gasteiger partial charge in [0.1, 0.15) is 5.69 Å². The van der Waals surface area contributed by atoms with Crippen molar-refractivity contribution in [3.63, 3.8) is 0 Å². The number of hydrogen-bond donors (Lipinski definition) is 1. The van der Waals surface area contributed by atoms with Crippen molar-refractivity contribution in [2.24, 2.45) is 0 Å². The zero-order valence-electron chi connectivity index (χ0n) is 5.80. The Labute approximate surface area is 72.5 Å². The summed E-state index contributed by atoms with van der Waals surface area (Å²) < 4.78 is 2.91. The number of aromatic nitrogens is 1. The summed E-state index contributed by atoms with van der Waals surface area (Å²) in [5, 5.41) is 2.77. The third kappa shape index (κ3) is 1.07. The van der Waals surface area contributed by atoms with Crippen LogP contribution in [0.5, 0.6) is 0 Å². The monoisotopic (exact) mass is 214 g/mol. The van der Waals surface area contributed by atoms with Gasteiger partial charge in [-0.2, -0.15) is 0 Å². The minimum Gasteiger partial charge on any atom is -0.349 e. The molecule has 58 valence electrons. The molecule has 2 rings (SSSR count). The fourth-order valence-electron chi connectivity index (χ4n) is 1.23. The SMILES string of the molecule is O=C1NCCn2cc(Br)cc21. The summed E-state index contributed by atoms with van der Waals surface area (Å²) in [6.45, 7) is 1.60. The van der Waals surface area contributed by atoms with E-state index in [1.807, 2.05) is 16.8 Å². The van der Waals surface area contributed by atoms with Gasteiger partial charge >= 0.3 is 0 Å². The van der Waals surface area contributed by atoms with Crippen molar-refractivity contribution >= 4 is 21.8 Å². The van der Waals surface area contributed by atoms with Crippen molar-refractivity contribution in [1.82, 2.24) is 9.88 Å². The van der Waals surface area contributed by atoms with Crippen LogP contribution in [-0.2, 0) is 6.54 Å². The van der Waals surface area contributed by atoms with E-state index in [1.165, 1.54) is 0 Å². The van der Waals surface area contributed by atoms with Crippen molar-refractivity contribution in [2.45, 2.75) is 6.54 Å². The van der Waals surface area contributed by atoms with Gasteiger partial charge in [-0.25, -0.2) is 0 Å². The predicted octanol–water partition coefficient (Wildman–Crippen LogP) is 0.994. The van der Waals surface area contributed by atoms with Gasteiger partial charge in [0.2, 0.25) is 0 Å². The molecule has 1 N–H and O–H groups in total. The lowest BCUT2D eigenvalue weighted by Crippen LogP contribution is -2.34. The van der Waals surface area contributed by atoms with Crippen LogP contribution in [-0.4, -0.2) is 17.0 Å². The second-order valence-corrected chi connectivity index (χ2v) is 3.41. The zero-order chi connectivity index (χ0) is 7.84. The van der Waals surface area contributed by atoms with E-state index >= 15 is 0 Å². The van der Waals surface area contributed by atoms with Crippen molar-refractivity contribution in [3.05, 3.63) is 22.4 Å². The quantitative estimate of drug-likeness (QED) is 0.688. The first-order chi connectivity index (χ1) is 5.27. The standard InChI is InChI=1S/C7H7BrN2O/c8-5-3-6-7(11)9-1-2-10(6)4-5/h3-4H,1-2H2,(H,9,11). The summed E-state index contributed by atoms with van der Waals surface area (Å²) in [4.78, 5) is 11.1. The Balaban J connectivity index is 2.52. The Morgan fingerprint density at radius 1 is 1.64 bits per heavy atom. The topological polar surface area (TPSA) is 34.0 Å². The summed E-state index contributed by atoms with van der Waals surface area (Å²) in [7, 11) is 0. The number of hydrogen-bond acceptors (Lipinski definition) is 1. The highest BCUT2D eigenvalue weighted by Gasteiger charge is 2.16. The zero-order valence-corrected chi connectivity index (χ0v) is 7.39. The maximum Gasteiger partial charge on any atom is 0.268 e. The Kier molecular flexibility index (Phi) is 1.49. The minimum atomic E-state index is 0.0157. The largest absolute Gasteiger partial charge is 0.349 e. The fourth-order valence-corrected chi connectivity index (χ4v) is 1.69. The van der Waals surface area contributed by atoms with Crippen LogP contribution in [0.1, 0.15) is 10.5 Å². The van der Waals surface area contributed by atoms with Crippen molar-refractivity contribution < 1.29 is 4.79 Å². The molecule has 0 spiro atoms. The van der Waals surface area contributed by atoms with E-state index in [2.05, 4.69) is 21.2 Å². The first-order valence-electron chi connectivity index (χ1n) is 3.41. The average molecular weight is 215 g/mol. The van der Waals surface area contributed by atoms with Gasteiger partial charge in [0.25, 0.3) is 5.91 Å². The van der Waals surface area contributed by atoms with Crippen LogP contribution in [0, 0.1) is 0 Å². The van der Waals surface area contributed by atoms with Crippen LogP contribution in [0.25, 0.3) is 0 Å². The first kappa shape index (κ1) is 6.91. The number of nitrogens with zero attached hydrogens (tertiary/aromatic N) is 1. The van der Waals surface area contributed by atoms with Gasteiger partial charge in [0.15, 0.2) is 0 Å². The number of nitrogens with one attached hydrogen (secondary N) is 1. The van der Waals surface area contributed by atoms with Gasteiger partial charge in [-0.15, -0.1) is 0 Å². The van der Waals surface area contributed by atoms with Crippen LogP contribution < -0.4 is 5.32 Å². The van der Waals surface area contributed by atoms with E-state index in [1.54, 1.807) is 0 Å². The fraction of sp³-hybridized carbons (Fsp3) is 0.286. The number of fused-ring (bicyclic) bond motifs is 1. The van der Waals surface area contributed by atoms with Crippen molar-refractivity contribution in [2.75, 3.05) is 6.54 Å². The molecule has 1 aromatic rings. The Morgan fingerprint density at radius 2 is 2.45 bits per heavy atom. The summed E-state index contributed by atoms with van der Waals surface area (Å²) in [6.07, 6.45) is 1.92. The average Bonchev–Trinajstić information content (AvgIpc) is 2.31. The highest BCUT2D eigenvalue weighted by atomic mass is 79.9. The number of carbonyl (C=O) groups is 1. The molecule has 0 saturated heterocycles. The molecule has 0 fully saturated rings. The highest BCUT2D eigenvalue weighted by molar-refractivity contribution is 9.10. The van der Waals surface area contributed by atoms with Gasteiger partial charge in [0.05, 0.1) is 0 Å². The van der Waals surface area contributed by atoms with Crippen LogP contribution in [0.4, 0.5) is 0 Å². The number of carbonyl (C=O) groups excluding carboxylic acids is 1. The lowest BCUT2D eigenvalue weighted by atomic mass is 10.3. The second-order valence-electron chi connectivity index (χ2n) is 2.49. The van der Waals surface area contributed by atoms with Gasteiger partial charge in [-0.05, 0) is 22.0 Å². The van der Waals surface area contributed by atoms with E-state index < -0.39 is 0 Å². The molecule has 1 amide bonds. The maximum absolute atomic E-state index is 11.1. The van der Waals surface area contributed by atoms with E-state index in [9.17, 15) is 4.79 Å². The van der Waals surface area contributed by atoms with Crippen molar-refractivity contribution in [1.29, 1.82) is 0 Å².